The van der Waals surface area contributed by atoms with Crippen molar-refractivity contribution in [2.24, 2.45) is 14.1 Å². The molecule has 0 aliphatic carbocycles. The van der Waals surface area contributed by atoms with Crippen molar-refractivity contribution in [2.45, 2.75) is 12.8 Å². The van der Waals surface area contributed by atoms with E-state index >= 15 is 0 Å². The second kappa shape index (κ2) is 12.4. The number of carbonyl (C=O) groups is 3. The Labute approximate surface area is 193 Å². The summed E-state index contributed by atoms with van der Waals surface area (Å²) in [6, 6.07) is 3.22. The van der Waals surface area contributed by atoms with Gasteiger partial charge in [-0.25, -0.2) is 0 Å². The quantitative estimate of drug-likeness (QED) is 0.364. The van der Waals surface area contributed by atoms with E-state index in [1.54, 1.807) is 47.8 Å². The molecule has 0 saturated carbocycles. The summed E-state index contributed by atoms with van der Waals surface area (Å²) in [7, 11) is 7.43. The molecular weight excluding hydrogens is 443 g/mol. The van der Waals surface area contributed by atoms with Crippen LogP contribution in [0.2, 0.25) is 0 Å². The predicted molar refractivity (Wildman–Crippen MR) is 125 cm³/mol. The first-order chi connectivity index (χ1) is 14.2. The maximum absolute atomic E-state index is 12.6. The minimum atomic E-state index is -0.348. The summed E-state index contributed by atoms with van der Waals surface area (Å²) in [5, 5.41) is 8.37. The van der Waals surface area contributed by atoms with E-state index in [4.69, 9.17) is 11.6 Å². The van der Waals surface area contributed by atoms with E-state index in [-0.39, 0.29) is 42.4 Å². The summed E-state index contributed by atoms with van der Waals surface area (Å²) in [6.45, 7) is 1.46. The van der Waals surface area contributed by atoms with Crippen molar-refractivity contribution in [3.05, 3.63) is 35.9 Å². The van der Waals surface area contributed by atoms with Crippen molar-refractivity contribution in [3.63, 3.8) is 0 Å². The lowest BCUT2D eigenvalue weighted by Gasteiger charge is -2.10. The van der Waals surface area contributed by atoms with Gasteiger partial charge in [-0.2, -0.15) is 0 Å². The minimum absolute atomic E-state index is 0. The first-order valence-corrected chi connectivity index (χ1v) is 10.2. The number of hydrogen-bond donors (Lipinski definition) is 3. The molecule has 2 heterocycles. The number of nitrogens with zero attached hydrogens (tertiary/aromatic N) is 3. The van der Waals surface area contributed by atoms with Crippen molar-refractivity contribution in [1.82, 2.24) is 19.4 Å². The molecule has 0 spiro atoms. The molecule has 0 aliphatic heterocycles. The molecular formula is C20H30Cl2N6O3. The Balaban J connectivity index is 0.00000480. The Morgan fingerprint density at radius 1 is 0.968 bits per heavy atom. The van der Waals surface area contributed by atoms with Crippen LogP contribution in [0.15, 0.2) is 24.5 Å². The first-order valence-electron chi connectivity index (χ1n) is 9.64. The van der Waals surface area contributed by atoms with Crippen molar-refractivity contribution in [3.8, 4) is 0 Å². The average Bonchev–Trinajstić information content (AvgIpc) is 3.20. The van der Waals surface area contributed by atoms with Crippen molar-refractivity contribution < 1.29 is 14.4 Å². The smallest absolute Gasteiger partial charge is 0.272 e. The van der Waals surface area contributed by atoms with Crippen LogP contribution in [0.4, 0.5) is 11.4 Å². The number of halogens is 2. The van der Waals surface area contributed by atoms with Crippen LogP contribution in [-0.4, -0.2) is 64.8 Å². The number of hydrogen-bond acceptors (Lipinski definition) is 4. The Bertz CT molecular complexity index is 907. The molecule has 172 valence electrons. The van der Waals surface area contributed by atoms with Gasteiger partial charge >= 0.3 is 0 Å². The van der Waals surface area contributed by atoms with E-state index in [0.717, 1.165) is 13.0 Å². The number of rotatable bonds is 10. The number of anilines is 2. The summed E-state index contributed by atoms with van der Waals surface area (Å²) in [5.41, 5.74) is 1.85. The van der Waals surface area contributed by atoms with Crippen LogP contribution < -0.4 is 16.0 Å². The molecule has 0 unspecified atom stereocenters. The molecule has 0 bridgehead atoms. The van der Waals surface area contributed by atoms with E-state index < -0.39 is 0 Å². The maximum atomic E-state index is 12.6. The molecule has 0 fully saturated rings. The van der Waals surface area contributed by atoms with Gasteiger partial charge in [-0.05, 0) is 39.2 Å². The van der Waals surface area contributed by atoms with Crippen LogP contribution in [0.3, 0.4) is 0 Å². The van der Waals surface area contributed by atoms with Gasteiger partial charge in [0.05, 0.1) is 11.4 Å². The summed E-state index contributed by atoms with van der Waals surface area (Å²) < 4.78 is 3.28. The van der Waals surface area contributed by atoms with E-state index in [9.17, 15) is 14.4 Å². The SMILES string of the molecule is CN(C)CCCNC(=O)c1cc(NC(=O)c2cc(NC(=O)CCCl)cn2C)cn1C.Cl. The molecule has 2 rings (SSSR count). The van der Waals surface area contributed by atoms with Crippen LogP contribution >= 0.6 is 24.0 Å². The number of aromatic nitrogens is 2. The highest BCUT2D eigenvalue weighted by atomic mass is 35.5. The lowest BCUT2D eigenvalue weighted by molar-refractivity contribution is -0.115. The summed E-state index contributed by atoms with van der Waals surface area (Å²) in [4.78, 5) is 38.8. The second-order valence-electron chi connectivity index (χ2n) is 7.30. The molecule has 0 saturated heterocycles. The van der Waals surface area contributed by atoms with Gasteiger partial charge in [0, 0.05) is 45.3 Å². The number of amides is 3. The minimum Gasteiger partial charge on any atom is -0.351 e. The van der Waals surface area contributed by atoms with Gasteiger partial charge in [-0.3, -0.25) is 14.4 Å². The first kappa shape index (κ1) is 26.5. The Kier molecular flexibility index (Phi) is 10.6. The Morgan fingerprint density at radius 3 is 2.06 bits per heavy atom. The van der Waals surface area contributed by atoms with E-state index in [1.165, 1.54) is 0 Å². The van der Waals surface area contributed by atoms with Crippen LogP contribution in [0.1, 0.15) is 33.8 Å². The van der Waals surface area contributed by atoms with Crippen molar-refractivity contribution in [1.29, 1.82) is 0 Å². The third-order valence-corrected chi connectivity index (χ3v) is 4.59. The molecule has 11 heteroatoms. The third kappa shape index (κ3) is 7.93. The van der Waals surface area contributed by atoms with Crippen molar-refractivity contribution >= 4 is 53.1 Å². The second-order valence-corrected chi connectivity index (χ2v) is 7.68. The zero-order valence-electron chi connectivity index (χ0n) is 18.2. The molecule has 31 heavy (non-hydrogen) atoms. The molecule has 9 nitrogen and oxygen atoms in total. The lowest BCUT2D eigenvalue weighted by Crippen LogP contribution is -2.28. The zero-order chi connectivity index (χ0) is 22.3. The molecule has 0 atom stereocenters. The standard InChI is InChI=1S/C20H29ClN6O3.ClH/c1-25(2)9-5-8-22-19(29)16-11-15(13-26(16)3)24-20(30)17-10-14(12-27(17)4)23-18(28)6-7-21;/h10-13H,5-9H2,1-4H3,(H,22,29)(H,23,28)(H,24,30);1H. The van der Waals surface area contributed by atoms with Gasteiger partial charge in [0.25, 0.3) is 11.8 Å². The predicted octanol–water partition coefficient (Wildman–Crippen LogP) is 2.29. The molecule has 2 aromatic heterocycles. The van der Waals surface area contributed by atoms with Crippen LogP contribution in [0, 0.1) is 0 Å². The van der Waals surface area contributed by atoms with E-state index in [1.807, 2.05) is 14.1 Å². The molecule has 3 N–H and O–H groups in total. The van der Waals surface area contributed by atoms with Gasteiger partial charge in [0.15, 0.2) is 0 Å². The largest absolute Gasteiger partial charge is 0.351 e. The van der Waals surface area contributed by atoms with Gasteiger partial charge in [-0.1, -0.05) is 0 Å². The zero-order valence-corrected chi connectivity index (χ0v) is 19.8. The molecule has 3 amide bonds. The Hall–Kier alpha value is -2.49. The van der Waals surface area contributed by atoms with Gasteiger partial charge in [0.2, 0.25) is 5.91 Å². The third-order valence-electron chi connectivity index (χ3n) is 4.41. The summed E-state index contributed by atoms with van der Waals surface area (Å²) in [5.74, 6) is -0.531. The number of carbonyl (C=O) groups excluding carboxylic acids is 3. The normalized spacial score (nSPS) is 10.5. The molecule has 0 aromatic carbocycles. The lowest BCUT2D eigenvalue weighted by atomic mass is 10.3. The fourth-order valence-corrected chi connectivity index (χ4v) is 3.08. The van der Waals surface area contributed by atoms with Gasteiger partial charge < -0.3 is 30.0 Å². The summed E-state index contributed by atoms with van der Waals surface area (Å²) >= 11 is 5.56. The highest BCUT2D eigenvalue weighted by Crippen LogP contribution is 2.17. The molecule has 0 aliphatic rings. The van der Waals surface area contributed by atoms with Crippen LogP contribution in [0.25, 0.3) is 0 Å². The highest BCUT2D eigenvalue weighted by molar-refractivity contribution is 6.19. The topological polar surface area (TPSA) is 100 Å². The fraction of sp³-hybridized carbons (Fsp3) is 0.450. The van der Waals surface area contributed by atoms with Crippen LogP contribution in [0.5, 0.6) is 0 Å². The number of nitrogens with one attached hydrogen (secondary N) is 3. The fourth-order valence-electron chi connectivity index (χ4n) is 2.91. The van der Waals surface area contributed by atoms with E-state index in [0.29, 0.717) is 29.3 Å². The number of alkyl halides is 1. The number of aryl methyl sites for hydroxylation is 2. The highest BCUT2D eigenvalue weighted by Gasteiger charge is 2.16. The maximum Gasteiger partial charge on any atom is 0.272 e. The van der Waals surface area contributed by atoms with Crippen LogP contribution in [-0.2, 0) is 18.9 Å². The molecule has 0 radical (unpaired) electrons. The van der Waals surface area contributed by atoms with Crippen molar-refractivity contribution in [2.75, 3.05) is 43.7 Å². The summed E-state index contributed by atoms with van der Waals surface area (Å²) in [6.07, 6.45) is 4.38. The van der Waals surface area contributed by atoms with E-state index in [2.05, 4.69) is 20.9 Å². The monoisotopic (exact) mass is 472 g/mol. The average molecular weight is 473 g/mol. The van der Waals surface area contributed by atoms with Gasteiger partial charge in [-0.15, -0.1) is 24.0 Å². The molecule has 2 aromatic rings. The Morgan fingerprint density at radius 2 is 1.52 bits per heavy atom. The van der Waals surface area contributed by atoms with Gasteiger partial charge in [0.1, 0.15) is 11.4 Å².